The van der Waals surface area contributed by atoms with Gasteiger partial charge < -0.3 is 26.4 Å². The van der Waals surface area contributed by atoms with Gasteiger partial charge in [-0.2, -0.15) is 0 Å². The van der Waals surface area contributed by atoms with Crippen molar-refractivity contribution in [3.8, 4) is 0 Å². The molecule has 1 saturated heterocycles. The van der Waals surface area contributed by atoms with E-state index in [1.165, 1.54) is 0 Å². The summed E-state index contributed by atoms with van der Waals surface area (Å²) in [6, 6.07) is 7.99. The number of nitrogens with two attached hydrogens (primary N) is 2. The molecule has 0 saturated carbocycles. The summed E-state index contributed by atoms with van der Waals surface area (Å²) in [7, 11) is 0. The summed E-state index contributed by atoms with van der Waals surface area (Å²) in [4.78, 5) is 14.0. The standard InChI is InChI=1S/C17H28N4O2/c1-13(19)11-20-17(22)23-12-15-4-2-3-5-16(15)21-8-6-14(10-18)7-9-21/h2-5,13-14H,6-12,18-19H2,1H3,(H,20,22)/t13-/m1/s1. The Bertz CT molecular complexity index is 499. The molecule has 1 atom stereocenters. The SMILES string of the molecule is C[C@@H](N)CNC(=O)OCc1ccccc1N1CCC(CN)CC1. The molecular weight excluding hydrogens is 292 g/mol. The van der Waals surface area contributed by atoms with E-state index in [1.54, 1.807) is 0 Å². The maximum atomic E-state index is 11.7. The molecule has 1 aromatic carbocycles. The number of hydrogen-bond acceptors (Lipinski definition) is 5. The van der Waals surface area contributed by atoms with Gasteiger partial charge in [0.1, 0.15) is 6.61 Å². The highest BCUT2D eigenvalue weighted by Crippen LogP contribution is 2.26. The average Bonchev–Trinajstić information content (AvgIpc) is 2.58. The van der Waals surface area contributed by atoms with Gasteiger partial charge in [-0.05, 0) is 38.3 Å². The van der Waals surface area contributed by atoms with E-state index < -0.39 is 6.09 Å². The fraction of sp³-hybridized carbons (Fsp3) is 0.588. The lowest BCUT2D eigenvalue weighted by atomic mass is 9.96. The van der Waals surface area contributed by atoms with Crippen LogP contribution in [0.4, 0.5) is 10.5 Å². The molecule has 0 radical (unpaired) electrons. The fourth-order valence-electron chi connectivity index (χ4n) is 2.79. The molecular formula is C17H28N4O2. The Balaban J connectivity index is 1.91. The molecule has 1 heterocycles. The number of hydrogen-bond donors (Lipinski definition) is 3. The first-order valence-corrected chi connectivity index (χ1v) is 8.29. The zero-order valence-electron chi connectivity index (χ0n) is 13.8. The van der Waals surface area contributed by atoms with Crippen LogP contribution < -0.4 is 21.7 Å². The van der Waals surface area contributed by atoms with Gasteiger partial charge in [0.15, 0.2) is 0 Å². The van der Waals surface area contributed by atoms with E-state index in [4.69, 9.17) is 16.2 Å². The van der Waals surface area contributed by atoms with Gasteiger partial charge >= 0.3 is 6.09 Å². The number of para-hydroxylation sites is 1. The molecule has 1 aromatic rings. The maximum absolute atomic E-state index is 11.7. The molecule has 0 spiro atoms. The molecule has 0 aromatic heterocycles. The Morgan fingerprint density at radius 3 is 2.74 bits per heavy atom. The lowest BCUT2D eigenvalue weighted by molar-refractivity contribution is 0.139. The van der Waals surface area contributed by atoms with Gasteiger partial charge in [0.2, 0.25) is 0 Å². The van der Waals surface area contributed by atoms with Crippen molar-refractivity contribution in [2.75, 3.05) is 31.1 Å². The Morgan fingerprint density at radius 2 is 2.09 bits per heavy atom. The highest BCUT2D eigenvalue weighted by atomic mass is 16.5. The van der Waals surface area contributed by atoms with Crippen molar-refractivity contribution in [2.24, 2.45) is 17.4 Å². The van der Waals surface area contributed by atoms with E-state index in [2.05, 4.69) is 16.3 Å². The van der Waals surface area contributed by atoms with Gasteiger partial charge in [-0.1, -0.05) is 18.2 Å². The number of nitrogens with zero attached hydrogens (tertiary/aromatic N) is 1. The number of piperidine rings is 1. The minimum absolute atomic E-state index is 0.0846. The number of benzene rings is 1. The van der Waals surface area contributed by atoms with Crippen molar-refractivity contribution >= 4 is 11.8 Å². The topological polar surface area (TPSA) is 93.6 Å². The number of amides is 1. The van der Waals surface area contributed by atoms with Crippen LogP contribution in [0.1, 0.15) is 25.3 Å². The number of nitrogens with one attached hydrogen (secondary N) is 1. The van der Waals surface area contributed by atoms with Gasteiger partial charge in [0.25, 0.3) is 0 Å². The van der Waals surface area contributed by atoms with Gasteiger partial charge in [-0.3, -0.25) is 0 Å². The van der Waals surface area contributed by atoms with Crippen LogP contribution in [-0.2, 0) is 11.3 Å². The summed E-state index contributed by atoms with van der Waals surface area (Å²) in [6.07, 6.45) is 1.79. The van der Waals surface area contributed by atoms with Crippen molar-refractivity contribution in [2.45, 2.75) is 32.4 Å². The smallest absolute Gasteiger partial charge is 0.407 e. The van der Waals surface area contributed by atoms with Crippen LogP contribution in [-0.4, -0.2) is 38.3 Å². The maximum Gasteiger partial charge on any atom is 0.407 e. The van der Waals surface area contributed by atoms with Crippen LogP contribution in [0.2, 0.25) is 0 Å². The number of carbonyl (C=O) groups excluding carboxylic acids is 1. The third-order valence-electron chi connectivity index (χ3n) is 4.21. The number of carbonyl (C=O) groups is 1. The molecule has 2 rings (SSSR count). The summed E-state index contributed by atoms with van der Waals surface area (Å²) >= 11 is 0. The summed E-state index contributed by atoms with van der Waals surface area (Å²) in [5.41, 5.74) is 13.5. The Morgan fingerprint density at radius 1 is 1.39 bits per heavy atom. The largest absolute Gasteiger partial charge is 0.445 e. The van der Waals surface area contributed by atoms with Crippen LogP contribution in [0.5, 0.6) is 0 Å². The van der Waals surface area contributed by atoms with E-state index in [9.17, 15) is 4.79 Å². The van der Waals surface area contributed by atoms with Crippen LogP contribution in [0, 0.1) is 5.92 Å². The van der Waals surface area contributed by atoms with Crippen LogP contribution in [0.3, 0.4) is 0 Å². The van der Waals surface area contributed by atoms with Gasteiger partial charge in [-0.25, -0.2) is 4.79 Å². The van der Waals surface area contributed by atoms with Crippen LogP contribution in [0.25, 0.3) is 0 Å². The molecule has 0 bridgehead atoms. The molecule has 128 valence electrons. The average molecular weight is 320 g/mol. The minimum atomic E-state index is -0.432. The molecule has 1 aliphatic rings. The Hall–Kier alpha value is -1.79. The summed E-state index contributed by atoms with van der Waals surface area (Å²) in [5.74, 6) is 0.624. The third-order valence-corrected chi connectivity index (χ3v) is 4.21. The second kappa shape index (κ2) is 8.74. The summed E-state index contributed by atoms with van der Waals surface area (Å²) in [5, 5.41) is 2.65. The van der Waals surface area contributed by atoms with Crippen molar-refractivity contribution in [3.05, 3.63) is 29.8 Å². The molecule has 6 heteroatoms. The molecule has 1 fully saturated rings. The summed E-state index contributed by atoms with van der Waals surface area (Å²) < 4.78 is 5.30. The zero-order chi connectivity index (χ0) is 16.7. The van der Waals surface area contributed by atoms with Crippen molar-refractivity contribution in [3.63, 3.8) is 0 Å². The van der Waals surface area contributed by atoms with Crippen LogP contribution in [0.15, 0.2) is 24.3 Å². The number of anilines is 1. The van der Waals surface area contributed by atoms with E-state index >= 15 is 0 Å². The van der Waals surface area contributed by atoms with Gasteiger partial charge in [0, 0.05) is 36.9 Å². The Kier molecular flexibility index (Phi) is 6.67. The van der Waals surface area contributed by atoms with Gasteiger partial charge in [-0.15, -0.1) is 0 Å². The normalized spacial score (nSPS) is 16.9. The monoisotopic (exact) mass is 320 g/mol. The second-order valence-electron chi connectivity index (χ2n) is 6.23. The first-order chi connectivity index (χ1) is 11.1. The lowest BCUT2D eigenvalue weighted by Crippen LogP contribution is -2.37. The molecule has 23 heavy (non-hydrogen) atoms. The molecule has 5 N–H and O–H groups in total. The molecule has 0 unspecified atom stereocenters. The summed E-state index contributed by atoms with van der Waals surface area (Å²) in [6.45, 7) is 5.26. The highest BCUT2D eigenvalue weighted by molar-refractivity contribution is 5.67. The molecule has 6 nitrogen and oxygen atoms in total. The predicted molar refractivity (Wildman–Crippen MR) is 92.3 cm³/mol. The zero-order valence-corrected chi connectivity index (χ0v) is 13.8. The fourth-order valence-corrected chi connectivity index (χ4v) is 2.79. The first-order valence-electron chi connectivity index (χ1n) is 8.29. The molecule has 1 aliphatic heterocycles. The Labute approximate surface area is 138 Å². The van der Waals surface area contributed by atoms with E-state index in [0.717, 1.165) is 43.7 Å². The number of alkyl carbamates (subject to hydrolysis) is 1. The minimum Gasteiger partial charge on any atom is -0.445 e. The van der Waals surface area contributed by atoms with Crippen molar-refractivity contribution < 1.29 is 9.53 Å². The second-order valence-corrected chi connectivity index (χ2v) is 6.23. The molecule has 1 amide bonds. The highest BCUT2D eigenvalue weighted by Gasteiger charge is 2.20. The third kappa shape index (κ3) is 5.41. The number of rotatable bonds is 6. The van der Waals surface area contributed by atoms with Crippen molar-refractivity contribution in [1.82, 2.24) is 5.32 Å². The molecule has 0 aliphatic carbocycles. The quantitative estimate of drug-likeness (QED) is 0.737. The lowest BCUT2D eigenvalue weighted by Gasteiger charge is -2.34. The van der Waals surface area contributed by atoms with Crippen molar-refractivity contribution in [1.29, 1.82) is 0 Å². The predicted octanol–water partition coefficient (Wildman–Crippen LogP) is 1.44. The van der Waals surface area contributed by atoms with Crippen LogP contribution >= 0.6 is 0 Å². The van der Waals surface area contributed by atoms with Gasteiger partial charge in [0.05, 0.1) is 0 Å². The van der Waals surface area contributed by atoms with E-state index in [-0.39, 0.29) is 12.6 Å². The first kappa shape index (κ1) is 17.6. The van der Waals surface area contributed by atoms with E-state index in [1.807, 2.05) is 25.1 Å². The van der Waals surface area contributed by atoms with E-state index in [0.29, 0.717) is 12.5 Å². The number of ether oxygens (including phenoxy) is 1.